The molecular formula is C10H13BrN2O3. The van der Waals surface area contributed by atoms with Crippen molar-refractivity contribution in [2.45, 2.75) is 27.4 Å². The molecule has 0 aliphatic heterocycles. The normalized spacial score (nSPS) is 11.2. The molecule has 16 heavy (non-hydrogen) atoms. The molecule has 0 unspecified atom stereocenters. The van der Waals surface area contributed by atoms with Crippen molar-refractivity contribution in [2.24, 2.45) is 5.41 Å². The third-order valence-corrected chi connectivity index (χ3v) is 2.33. The maximum absolute atomic E-state index is 11.4. The number of hydrogen-bond acceptors (Lipinski definition) is 4. The second-order valence-electron chi connectivity index (χ2n) is 4.35. The van der Waals surface area contributed by atoms with Crippen LogP contribution in [0.5, 0.6) is 0 Å². The zero-order chi connectivity index (χ0) is 12.3. The monoisotopic (exact) mass is 288 g/mol. The molecule has 0 amide bonds. The van der Waals surface area contributed by atoms with Gasteiger partial charge in [0.05, 0.1) is 5.41 Å². The van der Waals surface area contributed by atoms with Crippen LogP contribution in [-0.2, 0) is 16.1 Å². The molecule has 0 N–H and O–H groups in total. The lowest BCUT2D eigenvalue weighted by Gasteiger charge is -2.15. The van der Waals surface area contributed by atoms with Gasteiger partial charge in [0, 0.05) is 15.9 Å². The lowest BCUT2D eigenvalue weighted by atomic mass is 9.97. The first-order chi connectivity index (χ1) is 7.30. The van der Waals surface area contributed by atoms with Crippen molar-refractivity contribution in [3.63, 3.8) is 0 Å². The van der Waals surface area contributed by atoms with E-state index in [9.17, 15) is 10.0 Å². The molecule has 0 aliphatic carbocycles. The Bertz CT molecular complexity index is 402. The predicted molar refractivity (Wildman–Crippen MR) is 60.1 cm³/mol. The van der Waals surface area contributed by atoms with E-state index < -0.39 is 5.41 Å². The van der Waals surface area contributed by atoms with Gasteiger partial charge in [-0.15, -0.1) is 0 Å². The lowest BCUT2D eigenvalue weighted by Crippen LogP contribution is -2.29. The molecule has 0 aliphatic rings. The Kier molecular flexibility index (Phi) is 3.85. The van der Waals surface area contributed by atoms with Crippen molar-refractivity contribution >= 4 is 21.9 Å². The van der Waals surface area contributed by atoms with Gasteiger partial charge in [-0.1, -0.05) is 0 Å². The smallest absolute Gasteiger partial charge is 0.311 e. The van der Waals surface area contributed by atoms with Crippen LogP contribution in [0.25, 0.3) is 0 Å². The number of hydrogen-bond donors (Lipinski definition) is 0. The number of carbonyl (C=O) groups is 1. The van der Waals surface area contributed by atoms with Gasteiger partial charge in [-0.3, -0.25) is 4.79 Å². The molecule has 0 spiro atoms. The molecule has 1 heterocycles. The summed E-state index contributed by atoms with van der Waals surface area (Å²) in [5, 5.41) is 11.2. The summed E-state index contributed by atoms with van der Waals surface area (Å²) >= 11 is 3.02. The number of nitrogens with zero attached hydrogens (tertiary/aromatic N) is 2. The average molecular weight is 289 g/mol. The third-order valence-electron chi connectivity index (χ3n) is 1.78. The third kappa shape index (κ3) is 3.44. The Labute approximate surface area is 102 Å². The summed E-state index contributed by atoms with van der Waals surface area (Å²) in [5.74, 6) is -0.324. The van der Waals surface area contributed by atoms with Gasteiger partial charge < -0.3 is 9.94 Å². The molecule has 5 nitrogen and oxygen atoms in total. The van der Waals surface area contributed by atoms with Gasteiger partial charge in [0.1, 0.15) is 18.5 Å². The lowest BCUT2D eigenvalue weighted by molar-refractivity contribution is -0.618. The van der Waals surface area contributed by atoms with Crippen LogP contribution in [0.2, 0.25) is 0 Å². The maximum atomic E-state index is 11.4. The fourth-order valence-corrected chi connectivity index (χ4v) is 1.06. The van der Waals surface area contributed by atoms with Crippen LogP contribution >= 0.6 is 15.9 Å². The number of esters is 1. The van der Waals surface area contributed by atoms with Gasteiger partial charge in [-0.25, -0.2) is 4.98 Å². The van der Waals surface area contributed by atoms with E-state index in [-0.39, 0.29) is 12.6 Å². The molecule has 1 rings (SSSR count). The topological polar surface area (TPSA) is 66.1 Å². The van der Waals surface area contributed by atoms with E-state index in [2.05, 4.69) is 20.9 Å². The van der Waals surface area contributed by atoms with Crippen LogP contribution in [-0.4, -0.2) is 11.0 Å². The van der Waals surface area contributed by atoms with E-state index in [1.54, 1.807) is 20.8 Å². The molecule has 0 fully saturated rings. The first kappa shape index (κ1) is 12.9. The number of rotatable bonds is 2. The zero-order valence-corrected chi connectivity index (χ0v) is 10.9. The van der Waals surface area contributed by atoms with Gasteiger partial charge in [-0.2, -0.15) is 4.73 Å². The number of halogens is 1. The van der Waals surface area contributed by atoms with Crippen molar-refractivity contribution in [1.82, 2.24) is 4.98 Å². The summed E-state index contributed by atoms with van der Waals surface area (Å²) in [4.78, 5) is 15.4. The molecule has 0 atom stereocenters. The van der Waals surface area contributed by atoms with Crippen molar-refractivity contribution in [2.75, 3.05) is 0 Å². The molecule has 0 bridgehead atoms. The quantitative estimate of drug-likeness (QED) is 0.471. The van der Waals surface area contributed by atoms with Gasteiger partial charge >= 0.3 is 5.97 Å². The van der Waals surface area contributed by atoms with E-state index in [4.69, 9.17) is 4.74 Å². The minimum Gasteiger partial charge on any atom is -0.618 e. The van der Waals surface area contributed by atoms with Gasteiger partial charge in [0.25, 0.3) is 4.60 Å². The number of aromatic nitrogens is 2. The van der Waals surface area contributed by atoms with Gasteiger partial charge in [0.15, 0.2) is 0 Å². The minimum absolute atomic E-state index is 0.00558. The standard InChI is InChI=1S/C10H13BrN2O3/c1-10(2,3)9(14)16-6-7-5-13(15)8(11)4-12-7/h4-5H,6H2,1-3H3. The van der Waals surface area contributed by atoms with E-state index in [0.717, 1.165) is 0 Å². The van der Waals surface area contributed by atoms with E-state index >= 15 is 0 Å². The summed E-state index contributed by atoms with van der Waals surface area (Å²) in [6.07, 6.45) is 2.63. The minimum atomic E-state index is -0.553. The van der Waals surface area contributed by atoms with Crippen LogP contribution in [0, 0.1) is 10.6 Å². The predicted octanol–water partition coefficient (Wildman–Crippen LogP) is 1.57. The fraction of sp³-hybridized carbons (Fsp3) is 0.500. The van der Waals surface area contributed by atoms with Crippen molar-refractivity contribution in [3.05, 3.63) is 27.9 Å². The Balaban J connectivity index is 2.62. The molecule has 0 radical (unpaired) electrons. The van der Waals surface area contributed by atoms with Crippen molar-refractivity contribution in [3.8, 4) is 0 Å². The Hall–Kier alpha value is -1.17. The Morgan fingerprint density at radius 3 is 2.75 bits per heavy atom. The summed E-state index contributed by atoms with van der Waals surface area (Å²) in [5.41, 5.74) is -0.140. The second-order valence-corrected chi connectivity index (χ2v) is 5.17. The molecule has 0 saturated heterocycles. The largest absolute Gasteiger partial charge is 0.618 e. The summed E-state index contributed by atoms with van der Waals surface area (Å²) in [7, 11) is 0. The van der Waals surface area contributed by atoms with E-state index in [1.165, 1.54) is 12.4 Å². The van der Waals surface area contributed by atoms with E-state index in [0.29, 0.717) is 15.0 Å². The van der Waals surface area contributed by atoms with Gasteiger partial charge in [0.2, 0.25) is 6.20 Å². The molecule has 0 saturated carbocycles. The second kappa shape index (κ2) is 4.78. The van der Waals surface area contributed by atoms with E-state index in [1.807, 2.05) is 0 Å². The first-order valence-electron chi connectivity index (χ1n) is 4.71. The number of ether oxygens (including phenoxy) is 1. The van der Waals surface area contributed by atoms with Crippen LogP contribution in [0.15, 0.2) is 17.0 Å². The molecule has 88 valence electrons. The summed E-state index contributed by atoms with van der Waals surface area (Å²) in [6.45, 7) is 5.29. The molecule has 1 aromatic rings. The van der Waals surface area contributed by atoms with Crippen LogP contribution < -0.4 is 4.73 Å². The maximum Gasteiger partial charge on any atom is 0.311 e. The highest BCUT2D eigenvalue weighted by molar-refractivity contribution is 9.10. The molecule has 6 heteroatoms. The van der Waals surface area contributed by atoms with Crippen molar-refractivity contribution in [1.29, 1.82) is 0 Å². The van der Waals surface area contributed by atoms with Crippen molar-refractivity contribution < 1.29 is 14.3 Å². The highest BCUT2D eigenvalue weighted by Gasteiger charge is 2.23. The zero-order valence-electron chi connectivity index (χ0n) is 9.36. The molecule has 0 aromatic carbocycles. The SMILES string of the molecule is CC(C)(C)C(=O)OCc1c[n+]([O-])c(Br)cn1. The Morgan fingerprint density at radius 1 is 1.62 bits per heavy atom. The highest BCUT2D eigenvalue weighted by atomic mass is 79.9. The van der Waals surface area contributed by atoms with Crippen LogP contribution in [0.1, 0.15) is 26.5 Å². The summed E-state index contributed by atoms with van der Waals surface area (Å²) < 4.78 is 5.95. The van der Waals surface area contributed by atoms with Gasteiger partial charge in [-0.05, 0) is 20.8 Å². The Morgan fingerprint density at radius 2 is 2.25 bits per heavy atom. The van der Waals surface area contributed by atoms with Crippen LogP contribution in [0.4, 0.5) is 0 Å². The highest BCUT2D eigenvalue weighted by Crippen LogP contribution is 2.15. The number of carbonyl (C=O) groups excluding carboxylic acids is 1. The fourth-order valence-electron chi connectivity index (χ4n) is 0.854. The molecule has 1 aromatic heterocycles. The average Bonchev–Trinajstić information content (AvgIpc) is 2.18. The van der Waals surface area contributed by atoms with Crippen LogP contribution in [0.3, 0.4) is 0 Å². The first-order valence-corrected chi connectivity index (χ1v) is 5.51. The molecular weight excluding hydrogens is 276 g/mol. The summed E-state index contributed by atoms with van der Waals surface area (Å²) in [6, 6.07) is 0.